The van der Waals surface area contributed by atoms with Crippen LogP contribution in [0.4, 0.5) is 0 Å². The minimum absolute atomic E-state index is 0.0663. The maximum Gasteiger partial charge on any atom is 0.306 e. The number of hydrogen-bond acceptors (Lipinski definition) is 6. The van der Waals surface area contributed by atoms with Crippen molar-refractivity contribution in [1.29, 1.82) is 0 Å². The summed E-state index contributed by atoms with van der Waals surface area (Å²) in [7, 11) is 0. The molecule has 1 atom stereocenters. The Morgan fingerprint density at radius 2 is 0.493 bits per heavy atom. The van der Waals surface area contributed by atoms with Crippen LogP contribution in [0.5, 0.6) is 0 Å². The third kappa shape index (κ3) is 56.9. The second-order valence-electron chi connectivity index (χ2n) is 21.3. The van der Waals surface area contributed by atoms with Gasteiger partial charge in [0, 0.05) is 19.3 Å². The number of hydrogen-bond donors (Lipinski definition) is 0. The minimum atomic E-state index is -0.768. The third-order valence-electron chi connectivity index (χ3n) is 14.3. The van der Waals surface area contributed by atoms with Gasteiger partial charge in [0.2, 0.25) is 0 Å². The van der Waals surface area contributed by atoms with Crippen LogP contribution in [-0.2, 0) is 28.6 Å². The molecule has 0 aromatic carbocycles. The molecule has 0 amide bonds. The molecule has 0 saturated heterocycles. The number of carbonyl (C=O) groups is 3. The summed E-state index contributed by atoms with van der Waals surface area (Å²) < 4.78 is 16.9. The van der Waals surface area contributed by atoms with Crippen molar-refractivity contribution in [3.8, 4) is 0 Å². The minimum Gasteiger partial charge on any atom is -0.462 e. The summed E-state index contributed by atoms with van der Waals surface area (Å²) in [6.07, 6.45) is 67.9. The molecule has 0 spiro atoms. The molecule has 0 aliphatic heterocycles. The Morgan fingerprint density at radius 3 is 0.768 bits per heavy atom. The van der Waals surface area contributed by atoms with Crippen molar-refractivity contribution in [3.63, 3.8) is 0 Å². The van der Waals surface area contributed by atoms with Crippen LogP contribution in [0.2, 0.25) is 0 Å². The van der Waals surface area contributed by atoms with Crippen LogP contribution in [0.15, 0.2) is 12.2 Å². The molecule has 0 saturated carbocycles. The molecule has 6 nitrogen and oxygen atoms in total. The van der Waals surface area contributed by atoms with Crippen molar-refractivity contribution >= 4 is 17.9 Å². The predicted molar refractivity (Wildman–Crippen MR) is 298 cm³/mol. The molecule has 0 aliphatic rings. The first-order chi connectivity index (χ1) is 34.0. The number of esters is 3. The van der Waals surface area contributed by atoms with E-state index in [0.717, 1.165) is 64.2 Å². The standard InChI is InChI=1S/C63H120O6/c1-4-7-10-13-16-19-22-24-26-28-30-31-33-34-36-38-41-44-47-50-53-56-62(65)68-59-60(58-67-61(64)55-52-49-46-43-40-21-18-15-12-9-6-3)69-63(66)57-54-51-48-45-42-39-37-35-32-29-27-25-23-20-17-14-11-8-5-2/h15,18,60H,4-14,16-17,19-59H2,1-3H3/b18-15-/t60-/m1/s1. The van der Waals surface area contributed by atoms with Crippen molar-refractivity contribution in [2.45, 2.75) is 361 Å². The molecule has 0 rings (SSSR count). The van der Waals surface area contributed by atoms with E-state index in [4.69, 9.17) is 14.2 Å². The van der Waals surface area contributed by atoms with Gasteiger partial charge >= 0.3 is 17.9 Å². The second kappa shape index (κ2) is 58.7. The predicted octanol–water partition coefficient (Wildman–Crippen LogP) is 20.9. The highest BCUT2D eigenvalue weighted by atomic mass is 16.6. The number of ether oxygens (including phenoxy) is 3. The summed E-state index contributed by atoms with van der Waals surface area (Å²) in [5.74, 6) is -0.848. The lowest BCUT2D eigenvalue weighted by Crippen LogP contribution is -2.30. The zero-order chi connectivity index (χ0) is 50.0. The molecule has 0 fully saturated rings. The second-order valence-corrected chi connectivity index (χ2v) is 21.3. The fourth-order valence-corrected chi connectivity index (χ4v) is 9.55. The molecule has 0 aliphatic carbocycles. The van der Waals surface area contributed by atoms with E-state index in [1.165, 1.54) is 250 Å². The lowest BCUT2D eigenvalue weighted by molar-refractivity contribution is -0.167. The molecule has 0 aromatic heterocycles. The van der Waals surface area contributed by atoms with E-state index in [-0.39, 0.29) is 31.1 Å². The summed E-state index contributed by atoms with van der Waals surface area (Å²) in [6, 6.07) is 0. The summed E-state index contributed by atoms with van der Waals surface area (Å²) in [5, 5.41) is 0. The van der Waals surface area contributed by atoms with E-state index >= 15 is 0 Å². The van der Waals surface area contributed by atoms with Gasteiger partial charge in [0.15, 0.2) is 6.10 Å². The summed E-state index contributed by atoms with van der Waals surface area (Å²) >= 11 is 0. The molecular weight excluding hydrogens is 853 g/mol. The molecule has 0 unspecified atom stereocenters. The first-order valence-corrected chi connectivity index (χ1v) is 31.2. The third-order valence-corrected chi connectivity index (χ3v) is 14.3. The van der Waals surface area contributed by atoms with E-state index < -0.39 is 6.10 Å². The molecule has 0 aromatic rings. The van der Waals surface area contributed by atoms with E-state index in [2.05, 4.69) is 32.9 Å². The molecule has 0 bridgehead atoms. The number of unbranched alkanes of at least 4 members (excludes halogenated alkanes) is 45. The average molecular weight is 974 g/mol. The van der Waals surface area contributed by atoms with Crippen LogP contribution in [0.1, 0.15) is 355 Å². The van der Waals surface area contributed by atoms with Gasteiger partial charge in [-0.2, -0.15) is 0 Å². The fraction of sp³-hybridized carbons (Fsp3) is 0.921. The summed E-state index contributed by atoms with van der Waals surface area (Å²) in [6.45, 7) is 6.67. The van der Waals surface area contributed by atoms with Crippen LogP contribution in [-0.4, -0.2) is 37.2 Å². The number of carbonyl (C=O) groups excluding carboxylic acids is 3. The van der Waals surface area contributed by atoms with Gasteiger partial charge in [-0.15, -0.1) is 0 Å². The maximum absolute atomic E-state index is 12.9. The topological polar surface area (TPSA) is 78.9 Å². The van der Waals surface area contributed by atoms with E-state index in [1.54, 1.807) is 0 Å². The van der Waals surface area contributed by atoms with Crippen molar-refractivity contribution in [3.05, 3.63) is 12.2 Å². The first-order valence-electron chi connectivity index (χ1n) is 31.2. The molecular formula is C63H120O6. The van der Waals surface area contributed by atoms with Gasteiger partial charge in [0.25, 0.3) is 0 Å². The van der Waals surface area contributed by atoms with Crippen molar-refractivity contribution in [2.24, 2.45) is 0 Å². The van der Waals surface area contributed by atoms with E-state index in [1.807, 2.05) is 0 Å². The van der Waals surface area contributed by atoms with Gasteiger partial charge < -0.3 is 14.2 Å². The van der Waals surface area contributed by atoms with E-state index in [0.29, 0.717) is 19.3 Å². The molecule has 0 N–H and O–H groups in total. The molecule has 0 heterocycles. The average Bonchev–Trinajstić information content (AvgIpc) is 3.35. The quantitative estimate of drug-likeness (QED) is 0.0261. The first kappa shape index (κ1) is 67.1. The Morgan fingerprint density at radius 1 is 0.275 bits per heavy atom. The Kier molecular flexibility index (Phi) is 57.1. The smallest absolute Gasteiger partial charge is 0.306 e. The Labute approximate surface area is 431 Å². The van der Waals surface area contributed by atoms with Crippen LogP contribution < -0.4 is 0 Å². The van der Waals surface area contributed by atoms with Crippen LogP contribution in [0.3, 0.4) is 0 Å². The lowest BCUT2D eigenvalue weighted by atomic mass is 10.0. The Balaban J connectivity index is 4.22. The molecule has 0 radical (unpaired) electrons. The molecule has 408 valence electrons. The van der Waals surface area contributed by atoms with Crippen LogP contribution in [0.25, 0.3) is 0 Å². The fourth-order valence-electron chi connectivity index (χ4n) is 9.55. The summed E-state index contributed by atoms with van der Waals surface area (Å²) in [5.41, 5.74) is 0. The van der Waals surface area contributed by atoms with Gasteiger partial charge in [-0.1, -0.05) is 309 Å². The van der Waals surface area contributed by atoms with Gasteiger partial charge in [0.05, 0.1) is 0 Å². The monoisotopic (exact) mass is 973 g/mol. The highest BCUT2D eigenvalue weighted by molar-refractivity contribution is 5.71. The van der Waals surface area contributed by atoms with Crippen LogP contribution >= 0.6 is 0 Å². The number of allylic oxidation sites excluding steroid dienone is 2. The van der Waals surface area contributed by atoms with Crippen molar-refractivity contribution < 1.29 is 28.6 Å². The van der Waals surface area contributed by atoms with Crippen molar-refractivity contribution in [2.75, 3.05) is 13.2 Å². The number of rotatable bonds is 58. The Bertz CT molecular complexity index is 1070. The zero-order valence-corrected chi connectivity index (χ0v) is 46.9. The van der Waals surface area contributed by atoms with Crippen LogP contribution in [0, 0.1) is 0 Å². The summed E-state index contributed by atoms with van der Waals surface area (Å²) in [4.78, 5) is 38.2. The van der Waals surface area contributed by atoms with Gasteiger partial charge in [-0.25, -0.2) is 0 Å². The van der Waals surface area contributed by atoms with Gasteiger partial charge in [-0.3, -0.25) is 14.4 Å². The molecule has 6 heteroatoms. The van der Waals surface area contributed by atoms with Gasteiger partial charge in [0.1, 0.15) is 13.2 Å². The highest BCUT2D eigenvalue weighted by Gasteiger charge is 2.19. The maximum atomic E-state index is 12.9. The van der Waals surface area contributed by atoms with Crippen molar-refractivity contribution in [1.82, 2.24) is 0 Å². The SMILES string of the molecule is CCCC/C=C\CCCCCCCC(=O)OC[C@H](COC(=O)CCCCCCCCCCCCCCCCCCCCCCC)OC(=O)CCCCCCCCCCCCCCCCCCCCC. The van der Waals surface area contributed by atoms with E-state index in [9.17, 15) is 14.4 Å². The normalized spacial score (nSPS) is 12.0. The zero-order valence-electron chi connectivity index (χ0n) is 46.9. The lowest BCUT2D eigenvalue weighted by Gasteiger charge is -2.18. The largest absolute Gasteiger partial charge is 0.462 e. The Hall–Kier alpha value is -1.85. The highest BCUT2D eigenvalue weighted by Crippen LogP contribution is 2.18. The molecule has 69 heavy (non-hydrogen) atoms. The van der Waals surface area contributed by atoms with Gasteiger partial charge in [-0.05, 0) is 38.5 Å².